The molecule has 0 saturated heterocycles. The van der Waals surface area contributed by atoms with Crippen LogP contribution in [-0.4, -0.2) is 37.0 Å². The van der Waals surface area contributed by atoms with E-state index < -0.39 is 11.9 Å². The van der Waals surface area contributed by atoms with Crippen molar-refractivity contribution in [3.8, 4) is 0 Å². The van der Waals surface area contributed by atoms with Crippen LogP contribution in [0.25, 0.3) is 0 Å². The van der Waals surface area contributed by atoms with E-state index in [-0.39, 0.29) is 6.61 Å². The number of esters is 1. The van der Waals surface area contributed by atoms with Crippen molar-refractivity contribution in [2.45, 2.75) is 32.6 Å². The highest BCUT2D eigenvalue weighted by molar-refractivity contribution is 6.32. The molecule has 0 spiro atoms. The minimum Gasteiger partial charge on any atom is -0.459 e. The second-order valence-electron chi connectivity index (χ2n) is 5.34. The third-order valence-corrected chi connectivity index (χ3v) is 4.19. The average molecular weight is 239 g/mol. The van der Waals surface area contributed by atoms with E-state index in [0.717, 1.165) is 11.8 Å². The Kier molecular flexibility index (Phi) is 3.69. The number of carbonyl (C=O) groups is 2. The van der Waals surface area contributed by atoms with Crippen LogP contribution in [0.3, 0.4) is 0 Å². The van der Waals surface area contributed by atoms with E-state index >= 15 is 0 Å². The van der Waals surface area contributed by atoms with Gasteiger partial charge in [0.2, 0.25) is 0 Å². The summed E-state index contributed by atoms with van der Waals surface area (Å²) in [5.41, 5.74) is 0. The van der Waals surface area contributed by atoms with Gasteiger partial charge in [-0.1, -0.05) is 6.42 Å². The minimum atomic E-state index is -0.724. The van der Waals surface area contributed by atoms with Gasteiger partial charge in [-0.25, -0.2) is 4.79 Å². The molecule has 4 nitrogen and oxygen atoms in total. The van der Waals surface area contributed by atoms with Crippen molar-refractivity contribution >= 4 is 11.9 Å². The van der Waals surface area contributed by atoms with Gasteiger partial charge >= 0.3 is 11.9 Å². The number of nitrogens with zero attached hydrogens (tertiary/aromatic N) is 1. The molecular weight excluding hydrogens is 218 g/mol. The van der Waals surface area contributed by atoms with Gasteiger partial charge in [0.1, 0.15) is 0 Å². The lowest BCUT2D eigenvalue weighted by Crippen LogP contribution is -2.38. The third-order valence-electron chi connectivity index (χ3n) is 4.19. The summed E-state index contributed by atoms with van der Waals surface area (Å²) < 4.78 is 4.72. The molecule has 2 bridgehead atoms. The lowest BCUT2D eigenvalue weighted by atomic mass is 9.88. The Hall–Kier alpha value is -1.06. The summed E-state index contributed by atoms with van der Waals surface area (Å²) in [5.74, 6) is 1.01. The fraction of sp³-hybridized carbons (Fsp3) is 0.846. The summed E-state index contributed by atoms with van der Waals surface area (Å²) in [5, 5.41) is 0. The van der Waals surface area contributed by atoms with E-state index in [1.54, 1.807) is 14.0 Å². The third kappa shape index (κ3) is 2.61. The maximum Gasteiger partial charge on any atom is 0.396 e. The van der Waals surface area contributed by atoms with Crippen LogP contribution in [-0.2, 0) is 14.3 Å². The van der Waals surface area contributed by atoms with Gasteiger partial charge in [0.15, 0.2) is 0 Å². The van der Waals surface area contributed by atoms with Crippen molar-refractivity contribution in [2.75, 3.05) is 20.2 Å². The van der Waals surface area contributed by atoms with Crippen LogP contribution < -0.4 is 0 Å². The van der Waals surface area contributed by atoms with E-state index in [9.17, 15) is 9.59 Å². The first-order valence-electron chi connectivity index (χ1n) is 6.54. The summed E-state index contributed by atoms with van der Waals surface area (Å²) in [6.45, 7) is 2.67. The molecule has 17 heavy (non-hydrogen) atoms. The number of ether oxygens (including phenoxy) is 1. The molecule has 0 aromatic rings. The first-order chi connectivity index (χ1) is 8.11. The van der Waals surface area contributed by atoms with Gasteiger partial charge in [-0.05, 0) is 43.9 Å². The quantitative estimate of drug-likeness (QED) is 0.553. The Bertz CT molecular complexity index is 316. The molecule has 2 fully saturated rings. The van der Waals surface area contributed by atoms with Crippen molar-refractivity contribution in [1.82, 2.24) is 4.90 Å². The number of amides is 1. The summed E-state index contributed by atoms with van der Waals surface area (Å²) in [6.07, 6.45) is 5.21. The molecule has 0 heterocycles. The normalized spacial score (nSPS) is 30.4. The Balaban J connectivity index is 1.82. The van der Waals surface area contributed by atoms with Crippen molar-refractivity contribution in [1.29, 1.82) is 0 Å². The molecule has 0 aromatic heterocycles. The maximum atomic E-state index is 11.7. The topological polar surface area (TPSA) is 46.6 Å². The smallest absolute Gasteiger partial charge is 0.396 e. The average Bonchev–Trinajstić information content (AvgIpc) is 2.90. The Morgan fingerprint density at radius 2 is 2.06 bits per heavy atom. The summed E-state index contributed by atoms with van der Waals surface area (Å²) >= 11 is 0. The zero-order chi connectivity index (χ0) is 12.4. The number of carbonyl (C=O) groups excluding carboxylic acids is 2. The van der Waals surface area contributed by atoms with E-state index in [1.165, 1.54) is 30.6 Å². The van der Waals surface area contributed by atoms with Crippen LogP contribution in [0, 0.1) is 17.8 Å². The molecule has 1 amide bonds. The van der Waals surface area contributed by atoms with Crippen LogP contribution in [0.15, 0.2) is 0 Å². The van der Waals surface area contributed by atoms with Crippen molar-refractivity contribution in [2.24, 2.45) is 17.8 Å². The molecule has 3 unspecified atom stereocenters. The van der Waals surface area contributed by atoms with Gasteiger partial charge in [-0.3, -0.25) is 4.79 Å². The van der Waals surface area contributed by atoms with Gasteiger partial charge in [0.05, 0.1) is 6.61 Å². The monoisotopic (exact) mass is 239 g/mol. The van der Waals surface area contributed by atoms with Gasteiger partial charge < -0.3 is 9.64 Å². The fourth-order valence-electron chi connectivity index (χ4n) is 3.38. The standard InChI is InChI=1S/C13H21NO3/c1-3-17-13(16)12(15)14(2)8-11-7-9-4-5-10(11)6-9/h9-11H,3-8H2,1-2H3. The van der Waals surface area contributed by atoms with Gasteiger partial charge in [0.25, 0.3) is 0 Å². The molecule has 2 aliphatic rings. The number of fused-ring (bicyclic) bond motifs is 2. The van der Waals surface area contributed by atoms with Crippen LogP contribution >= 0.6 is 0 Å². The van der Waals surface area contributed by atoms with E-state index in [1.807, 2.05) is 0 Å². The Morgan fingerprint density at radius 1 is 1.29 bits per heavy atom. The first-order valence-corrected chi connectivity index (χ1v) is 6.54. The molecule has 2 saturated carbocycles. The molecule has 2 aliphatic carbocycles. The van der Waals surface area contributed by atoms with Crippen LogP contribution in [0.5, 0.6) is 0 Å². The van der Waals surface area contributed by atoms with Crippen molar-refractivity contribution in [3.05, 3.63) is 0 Å². The molecule has 0 radical (unpaired) electrons. The van der Waals surface area contributed by atoms with Crippen LogP contribution in [0.2, 0.25) is 0 Å². The molecule has 2 rings (SSSR count). The lowest BCUT2D eigenvalue weighted by molar-refractivity contribution is -0.159. The highest BCUT2D eigenvalue weighted by Gasteiger charge is 2.40. The van der Waals surface area contributed by atoms with Gasteiger partial charge in [-0.15, -0.1) is 0 Å². The number of hydrogen-bond donors (Lipinski definition) is 0. The maximum absolute atomic E-state index is 11.7. The fourth-order valence-corrected chi connectivity index (χ4v) is 3.38. The summed E-state index contributed by atoms with van der Waals surface area (Å²) in [7, 11) is 1.70. The molecule has 4 heteroatoms. The largest absolute Gasteiger partial charge is 0.459 e. The van der Waals surface area contributed by atoms with Crippen molar-refractivity contribution in [3.63, 3.8) is 0 Å². The first kappa shape index (κ1) is 12.4. The molecule has 0 aliphatic heterocycles. The highest BCUT2D eigenvalue weighted by atomic mass is 16.5. The molecule has 0 N–H and O–H groups in total. The second kappa shape index (κ2) is 5.07. The van der Waals surface area contributed by atoms with Crippen LogP contribution in [0.4, 0.5) is 0 Å². The molecular formula is C13H21NO3. The van der Waals surface area contributed by atoms with E-state index in [4.69, 9.17) is 4.74 Å². The molecule has 0 aromatic carbocycles. The number of likely N-dealkylation sites (N-methyl/N-ethyl adjacent to an activating group) is 1. The SMILES string of the molecule is CCOC(=O)C(=O)N(C)CC1CC2CCC1C2. The predicted octanol–water partition coefficient (Wildman–Crippen LogP) is 1.44. The van der Waals surface area contributed by atoms with Crippen molar-refractivity contribution < 1.29 is 14.3 Å². The van der Waals surface area contributed by atoms with Crippen LogP contribution in [0.1, 0.15) is 32.6 Å². The summed E-state index contributed by atoms with van der Waals surface area (Å²) in [6, 6.07) is 0. The van der Waals surface area contributed by atoms with E-state index in [0.29, 0.717) is 12.5 Å². The number of hydrogen-bond acceptors (Lipinski definition) is 3. The zero-order valence-corrected chi connectivity index (χ0v) is 10.6. The highest BCUT2D eigenvalue weighted by Crippen LogP contribution is 2.48. The van der Waals surface area contributed by atoms with Gasteiger partial charge in [0, 0.05) is 13.6 Å². The number of rotatable bonds is 3. The predicted molar refractivity (Wildman–Crippen MR) is 63.2 cm³/mol. The lowest BCUT2D eigenvalue weighted by Gasteiger charge is -2.26. The zero-order valence-electron chi connectivity index (χ0n) is 10.6. The Labute approximate surface area is 102 Å². The van der Waals surface area contributed by atoms with Gasteiger partial charge in [-0.2, -0.15) is 0 Å². The minimum absolute atomic E-state index is 0.256. The van der Waals surface area contributed by atoms with E-state index in [2.05, 4.69) is 0 Å². The second-order valence-corrected chi connectivity index (χ2v) is 5.34. The Morgan fingerprint density at radius 3 is 2.59 bits per heavy atom. The molecule has 3 atom stereocenters. The summed E-state index contributed by atoms with van der Waals surface area (Å²) in [4.78, 5) is 24.5. The molecule has 96 valence electrons.